The zero-order valence-electron chi connectivity index (χ0n) is 23.1. The first-order valence-electron chi connectivity index (χ1n) is 12.6. The van der Waals surface area contributed by atoms with Gasteiger partial charge in [0, 0.05) is 57.0 Å². The van der Waals surface area contributed by atoms with Crippen LogP contribution < -0.4 is 5.56 Å². The molecule has 0 aromatic carbocycles. The molecule has 2 fully saturated rings. The number of aryl methyl sites for hydroxylation is 1. The van der Waals surface area contributed by atoms with Gasteiger partial charge in [-0.15, -0.1) is 0 Å². The summed E-state index contributed by atoms with van der Waals surface area (Å²) in [4.78, 5) is 51.6. The van der Waals surface area contributed by atoms with Crippen LogP contribution >= 0.6 is 0 Å². The lowest BCUT2D eigenvalue weighted by Gasteiger charge is -2.30. The fraction of sp³-hybridized carbons (Fsp3) is 0.500. The fourth-order valence-corrected chi connectivity index (χ4v) is 4.78. The number of carbonyl (C=O) groups excluding carboxylic acids is 1. The number of carboxylic acid groups (broad SMARTS) is 2. The van der Waals surface area contributed by atoms with Crippen LogP contribution in [0.4, 0.5) is 26.3 Å². The van der Waals surface area contributed by atoms with E-state index in [0.717, 1.165) is 25.2 Å². The number of halogens is 6. The van der Waals surface area contributed by atoms with E-state index in [4.69, 9.17) is 24.5 Å². The maximum Gasteiger partial charge on any atom is 0.490 e. The number of nitrogens with zero attached hydrogens (tertiary/aromatic N) is 4. The molecule has 2 saturated heterocycles. The van der Waals surface area contributed by atoms with E-state index in [1.165, 1.54) is 4.57 Å². The number of carbonyl (C=O) groups is 3. The van der Waals surface area contributed by atoms with E-state index in [9.17, 15) is 35.9 Å². The normalized spacial score (nSPS) is 20.2. The molecule has 2 N–H and O–H groups in total. The summed E-state index contributed by atoms with van der Waals surface area (Å²) in [5.74, 6) is -5.32. The maximum absolute atomic E-state index is 13.0. The fourth-order valence-electron chi connectivity index (χ4n) is 4.78. The van der Waals surface area contributed by atoms with Gasteiger partial charge < -0.3 is 29.3 Å². The SMILES string of the molecule is CN1C[C@@H](COCc2ccccn2)[C@]2(CCN(C(=O)c3cccn(C)c3=O)C2)C1.O=C(O)C(F)(F)F.O=C(O)C(F)(F)F. The molecule has 17 heteroatoms. The number of amides is 1. The summed E-state index contributed by atoms with van der Waals surface area (Å²) in [7, 11) is 3.80. The van der Waals surface area contributed by atoms with Gasteiger partial charge in [-0.2, -0.15) is 26.3 Å². The lowest BCUT2D eigenvalue weighted by Crippen LogP contribution is -2.39. The Labute approximate surface area is 241 Å². The van der Waals surface area contributed by atoms with Gasteiger partial charge in [-0.05, 0) is 37.7 Å². The van der Waals surface area contributed by atoms with Crippen molar-refractivity contribution in [2.75, 3.05) is 39.8 Å². The molecular weight excluding hydrogens is 594 g/mol. The number of carboxylic acids is 2. The van der Waals surface area contributed by atoms with Crippen molar-refractivity contribution in [3.8, 4) is 0 Å². The molecule has 1 spiro atoms. The van der Waals surface area contributed by atoms with Gasteiger partial charge in [0.25, 0.3) is 11.5 Å². The smallest absolute Gasteiger partial charge is 0.475 e. The van der Waals surface area contributed by atoms with Gasteiger partial charge in [-0.3, -0.25) is 14.6 Å². The van der Waals surface area contributed by atoms with Crippen LogP contribution in [0.15, 0.2) is 47.5 Å². The number of pyridine rings is 2. The molecule has 0 radical (unpaired) electrons. The molecule has 0 bridgehead atoms. The molecule has 0 unspecified atom stereocenters. The number of ether oxygens (including phenoxy) is 1. The second kappa shape index (κ2) is 14.5. The van der Waals surface area contributed by atoms with E-state index < -0.39 is 24.3 Å². The van der Waals surface area contributed by atoms with Crippen molar-refractivity contribution in [2.24, 2.45) is 18.4 Å². The van der Waals surface area contributed by atoms with E-state index in [1.807, 2.05) is 23.1 Å². The van der Waals surface area contributed by atoms with E-state index in [-0.39, 0.29) is 22.4 Å². The average Bonchev–Trinajstić information content (AvgIpc) is 3.48. The molecule has 4 rings (SSSR count). The minimum Gasteiger partial charge on any atom is -0.475 e. The highest BCUT2D eigenvalue weighted by Gasteiger charge is 2.50. The van der Waals surface area contributed by atoms with E-state index >= 15 is 0 Å². The number of hydrogen-bond acceptors (Lipinski definition) is 7. The summed E-state index contributed by atoms with van der Waals surface area (Å²) in [5, 5.41) is 14.2. The molecule has 0 saturated carbocycles. The van der Waals surface area contributed by atoms with Crippen molar-refractivity contribution in [1.29, 1.82) is 0 Å². The second-order valence-electron chi connectivity index (χ2n) is 10.0. The highest BCUT2D eigenvalue weighted by Crippen LogP contribution is 2.43. The topological polar surface area (TPSA) is 142 Å². The molecule has 2 aliphatic rings. The Morgan fingerprint density at radius 1 is 1.00 bits per heavy atom. The average molecular weight is 625 g/mol. The molecule has 2 atom stereocenters. The lowest BCUT2D eigenvalue weighted by atomic mass is 9.77. The monoisotopic (exact) mass is 624 g/mol. The third-order valence-electron chi connectivity index (χ3n) is 6.79. The summed E-state index contributed by atoms with van der Waals surface area (Å²) in [5.41, 5.74) is 0.962. The zero-order valence-corrected chi connectivity index (χ0v) is 23.1. The van der Waals surface area contributed by atoms with Crippen LogP contribution in [0.25, 0.3) is 0 Å². The van der Waals surface area contributed by atoms with Crippen molar-refractivity contribution in [3.05, 3.63) is 64.3 Å². The van der Waals surface area contributed by atoms with Gasteiger partial charge in [0.1, 0.15) is 5.56 Å². The Morgan fingerprint density at radius 3 is 2.14 bits per heavy atom. The molecule has 11 nitrogen and oxygen atoms in total. The Bertz CT molecular complexity index is 1300. The predicted molar refractivity (Wildman–Crippen MR) is 137 cm³/mol. The summed E-state index contributed by atoms with van der Waals surface area (Å²) in [6.07, 6.45) is -5.78. The Kier molecular flexibility index (Phi) is 11.8. The molecule has 43 heavy (non-hydrogen) atoms. The first-order chi connectivity index (χ1) is 19.9. The molecule has 1 amide bonds. The number of aromatic nitrogens is 2. The van der Waals surface area contributed by atoms with Crippen molar-refractivity contribution in [1.82, 2.24) is 19.4 Å². The Hall–Kier alpha value is -3.99. The van der Waals surface area contributed by atoms with Crippen molar-refractivity contribution < 1.29 is 55.7 Å². The molecule has 0 aliphatic carbocycles. The number of aliphatic carboxylic acids is 2. The van der Waals surface area contributed by atoms with Crippen molar-refractivity contribution >= 4 is 17.8 Å². The molecule has 238 valence electrons. The second-order valence-corrected chi connectivity index (χ2v) is 10.0. The number of hydrogen-bond donors (Lipinski definition) is 2. The minimum absolute atomic E-state index is 0.0224. The van der Waals surface area contributed by atoms with E-state index in [2.05, 4.69) is 16.9 Å². The lowest BCUT2D eigenvalue weighted by molar-refractivity contribution is -0.193. The van der Waals surface area contributed by atoms with Crippen LogP contribution in [-0.4, -0.2) is 99.6 Å². The van der Waals surface area contributed by atoms with Crippen LogP contribution in [-0.2, 0) is 28.0 Å². The van der Waals surface area contributed by atoms with Crippen molar-refractivity contribution in [3.63, 3.8) is 0 Å². The van der Waals surface area contributed by atoms with Crippen LogP contribution in [0.3, 0.4) is 0 Å². The molecular formula is C26H30F6N4O7. The highest BCUT2D eigenvalue weighted by atomic mass is 19.4. The highest BCUT2D eigenvalue weighted by molar-refractivity contribution is 5.94. The number of alkyl halides is 6. The van der Waals surface area contributed by atoms with Crippen LogP contribution in [0, 0.1) is 11.3 Å². The zero-order chi connectivity index (χ0) is 32.6. The minimum atomic E-state index is -5.08. The van der Waals surface area contributed by atoms with E-state index in [0.29, 0.717) is 32.2 Å². The number of likely N-dealkylation sites (tertiary alicyclic amines) is 2. The number of rotatable bonds is 5. The molecule has 2 aromatic rings. The third kappa shape index (κ3) is 10.1. The largest absolute Gasteiger partial charge is 0.490 e. The Morgan fingerprint density at radius 2 is 1.60 bits per heavy atom. The summed E-state index contributed by atoms with van der Waals surface area (Å²) < 4.78 is 70.9. The van der Waals surface area contributed by atoms with Gasteiger partial charge in [0.05, 0.1) is 18.9 Å². The molecule has 4 heterocycles. The summed E-state index contributed by atoms with van der Waals surface area (Å²) in [6, 6.07) is 9.20. The van der Waals surface area contributed by atoms with Crippen molar-refractivity contribution in [2.45, 2.75) is 25.4 Å². The summed E-state index contributed by atoms with van der Waals surface area (Å²) in [6.45, 7) is 4.40. The maximum atomic E-state index is 13.0. The summed E-state index contributed by atoms with van der Waals surface area (Å²) >= 11 is 0. The molecule has 2 aromatic heterocycles. The van der Waals surface area contributed by atoms with Gasteiger partial charge in [0.15, 0.2) is 0 Å². The van der Waals surface area contributed by atoms with Gasteiger partial charge >= 0.3 is 24.3 Å². The van der Waals surface area contributed by atoms with Gasteiger partial charge in [0.2, 0.25) is 0 Å². The van der Waals surface area contributed by atoms with Crippen LogP contribution in [0.1, 0.15) is 22.5 Å². The standard InChI is InChI=1S/C22H28N4O3.2C2HF3O2/c1-24-12-17(13-29-14-18-6-3-4-9-23-18)22(15-24)8-11-26(16-22)21(28)19-7-5-10-25(2)20(19)27;2*3-2(4,5)1(6)7/h3-7,9-10,17H,8,11-16H2,1-2H3;2*(H,6,7)/t17-,22+;;/m0../s1. The van der Waals surface area contributed by atoms with E-state index in [1.54, 1.807) is 31.6 Å². The third-order valence-corrected chi connectivity index (χ3v) is 6.79. The first kappa shape index (κ1) is 35.2. The molecule has 2 aliphatic heterocycles. The van der Waals surface area contributed by atoms with Gasteiger partial charge in [-0.25, -0.2) is 9.59 Å². The quantitative estimate of drug-likeness (QED) is 0.481. The Balaban J connectivity index is 0.000000384. The first-order valence-corrected chi connectivity index (χ1v) is 12.6. The van der Waals surface area contributed by atoms with Gasteiger partial charge in [-0.1, -0.05) is 6.07 Å². The predicted octanol–water partition coefficient (Wildman–Crippen LogP) is 2.66. The van der Waals surface area contributed by atoms with Crippen LogP contribution in [0.5, 0.6) is 0 Å². The van der Waals surface area contributed by atoms with Crippen LogP contribution in [0.2, 0.25) is 0 Å².